The van der Waals surface area contributed by atoms with Gasteiger partial charge in [-0.05, 0) is 50.3 Å². The van der Waals surface area contributed by atoms with E-state index in [1.54, 1.807) is 6.07 Å². The van der Waals surface area contributed by atoms with Crippen LogP contribution in [-0.4, -0.2) is 30.6 Å². The highest BCUT2D eigenvalue weighted by molar-refractivity contribution is 9.10. The molecule has 2 aliphatic heterocycles. The van der Waals surface area contributed by atoms with Gasteiger partial charge in [-0.3, -0.25) is 10.1 Å². The Hall–Kier alpha value is -1.14. The maximum absolute atomic E-state index is 11.3. The lowest BCUT2D eigenvalue weighted by Crippen LogP contribution is -2.43. The Kier molecular flexibility index (Phi) is 4.45. The van der Waals surface area contributed by atoms with Gasteiger partial charge in [0.05, 0.1) is 4.92 Å². The first kappa shape index (κ1) is 14.8. The third-order valence-electron chi connectivity index (χ3n) is 4.60. The highest BCUT2D eigenvalue weighted by Gasteiger charge is 2.31. The van der Waals surface area contributed by atoms with E-state index in [1.807, 2.05) is 12.1 Å². The lowest BCUT2D eigenvalue weighted by atomic mass is 9.89. The van der Waals surface area contributed by atoms with E-state index < -0.39 is 0 Å². The average molecular weight is 354 g/mol. The van der Waals surface area contributed by atoms with Crippen LogP contribution in [0.15, 0.2) is 22.7 Å². The standard InChI is InChI=1S/C15H20BrN3O2/c16-12-5-6-14(15(9-12)19(20)21)18-8-2-3-11(10-18)13-4-1-7-17-13/h5-6,9,11,13,17H,1-4,7-8,10H2. The van der Waals surface area contributed by atoms with E-state index >= 15 is 0 Å². The fourth-order valence-corrected chi connectivity index (χ4v) is 3.93. The lowest BCUT2D eigenvalue weighted by molar-refractivity contribution is -0.384. The van der Waals surface area contributed by atoms with Crippen molar-refractivity contribution in [1.29, 1.82) is 0 Å². The summed E-state index contributed by atoms with van der Waals surface area (Å²) in [4.78, 5) is 13.2. The second-order valence-electron chi connectivity index (χ2n) is 5.94. The minimum atomic E-state index is -0.280. The van der Waals surface area contributed by atoms with Crippen molar-refractivity contribution in [3.05, 3.63) is 32.8 Å². The molecule has 2 heterocycles. The van der Waals surface area contributed by atoms with E-state index in [0.29, 0.717) is 12.0 Å². The fourth-order valence-electron chi connectivity index (χ4n) is 3.58. The number of halogens is 1. The topological polar surface area (TPSA) is 58.4 Å². The van der Waals surface area contributed by atoms with E-state index in [-0.39, 0.29) is 10.6 Å². The molecule has 114 valence electrons. The molecular formula is C15H20BrN3O2. The van der Waals surface area contributed by atoms with Crippen LogP contribution >= 0.6 is 15.9 Å². The number of hydrogen-bond donors (Lipinski definition) is 1. The van der Waals surface area contributed by atoms with Crippen molar-refractivity contribution in [1.82, 2.24) is 5.32 Å². The van der Waals surface area contributed by atoms with Gasteiger partial charge in [-0.15, -0.1) is 0 Å². The number of nitro benzene ring substituents is 1. The maximum Gasteiger partial charge on any atom is 0.293 e. The minimum absolute atomic E-state index is 0.199. The number of nitrogens with zero attached hydrogens (tertiary/aromatic N) is 2. The van der Waals surface area contributed by atoms with Crippen molar-refractivity contribution in [2.24, 2.45) is 5.92 Å². The normalized spacial score (nSPS) is 26.0. The summed E-state index contributed by atoms with van der Waals surface area (Å²) in [5.74, 6) is 0.601. The summed E-state index contributed by atoms with van der Waals surface area (Å²) in [5.41, 5.74) is 0.954. The van der Waals surface area contributed by atoms with Crippen LogP contribution in [0.4, 0.5) is 11.4 Å². The molecule has 2 atom stereocenters. The van der Waals surface area contributed by atoms with Crippen LogP contribution < -0.4 is 10.2 Å². The SMILES string of the molecule is O=[N+]([O-])c1cc(Br)ccc1N1CCCC(C2CCCN2)C1. The van der Waals surface area contributed by atoms with Crippen molar-refractivity contribution in [2.75, 3.05) is 24.5 Å². The molecule has 3 rings (SSSR count). The van der Waals surface area contributed by atoms with Crippen molar-refractivity contribution in [3.8, 4) is 0 Å². The zero-order valence-corrected chi connectivity index (χ0v) is 13.5. The van der Waals surface area contributed by atoms with Crippen molar-refractivity contribution >= 4 is 27.3 Å². The predicted octanol–water partition coefficient (Wildman–Crippen LogP) is 3.33. The third kappa shape index (κ3) is 3.21. The molecule has 0 radical (unpaired) electrons. The molecule has 1 aromatic carbocycles. The molecule has 2 saturated heterocycles. The lowest BCUT2D eigenvalue weighted by Gasteiger charge is -2.37. The Labute approximate surface area is 133 Å². The first-order valence-electron chi connectivity index (χ1n) is 7.57. The zero-order valence-electron chi connectivity index (χ0n) is 11.9. The number of nitro groups is 1. The van der Waals surface area contributed by atoms with E-state index in [4.69, 9.17) is 0 Å². The summed E-state index contributed by atoms with van der Waals surface area (Å²) in [6.07, 6.45) is 4.81. The molecule has 0 bridgehead atoms. The van der Waals surface area contributed by atoms with E-state index in [9.17, 15) is 10.1 Å². The molecule has 2 unspecified atom stereocenters. The summed E-state index contributed by atoms with van der Waals surface area (Å²) < 4.78 is 0.754. The molecule has 6 heteroatoms. The zero-order chi connectivity index (χ0) is 14.8. The van der Waals surface area contributed by atoms with Crippen LogP contribution in [0.1, 0.15) is 25.7 Å². The molecule has 1 aromatic rings. The van der Waals surface area contributed by atoms with Gasteiger partial charge in [-0.25, -0.2) is 0 Å². The summed E-state index contributed by atoms with van der Waals surface area (Å²) in [7, 11) is 0. The molecule has 1 N–H and O–H groups in total. The second kappa shape index (κ2) is 6.32. The van der Waals surface area contributed by atoms with Gasteiger partial charge >= 0.3 is 0 Å². The van der Waals surface area contributed by atoms with E-state index in [1.165, 1.54) is 19.3 Å². The first-order valence-corrected chi connectivity index (χ1v) is 8.37. The van der Waals surface area contributed by atoms with Crippen LogP contribution in [0.5, 0.6) is 0 Å². The molecule has 0 aliphatic carbocycles. The minimum Gasteiger partial charge on any atom is -0.366 e. The Morgan fingerprint density at radius 1 is 1.33 bits per heavy atom. The highest BCUT2D eigenvalue weighted by atomic mass is 79.9. The van der Waals surface area contributed by atoms with Crippen LogP contribution in [0, 0.1) is 16.0 Å². The summed E-state index contributed by atoms with van der Waals surface area (Å²) in [5, 5.41) is 14.9. The van der Waals surface area contributed by atoms with Crippen molar-refractivity contribution < 1.29 is 4.92 Å². The third-order valence-corrected chi connectivity index (χ3v) is 5.09. The number of piperidine rings is 1. The van der Waals surface area contributed by atoms with Crippen molar-refractivity contribution in [3.63, 3.8) is 0 Å². The molecule has 2 aliphatic rings. The van der Waals surface area contributed by atoms with Crippen LogP contribution in [0.3, 0.4) is 0 Å². The molecule has 0 aromatic heterocycles. The second-order valence-corrected chi connectivity index (χ2v) is 6.86. The molecular weight excluding hydrogens is 334 g/mol. The fraction of sp³-hybridized carbons (Fsp3) is 0.600. The Bertz CT molecular complexity index is 532. The Morgan fingerprint density at radius 2 is 2.19 bits per heavy atom. The monoisotopic (exact) mass is 353 g/mol. The largest absolute Gasteiger partial charge is 0.366 e. The van der Waals surface area contributed by atoms with Gasteiger partial charge in [-0.2, -0.15) is 0 Å². The molecule has 2 fully saturated rings. The molecule has 0 spiro atoms. The quantitative estimate of drug-likeness (QED) is 0.668. The Balaban J connectivity index is 1.81. The molecule has 0 saturated carbocycles. The van der Waals surface area contributed by atoms with Gasteiger partial charge in [0.25, 0.3) is 5.69 Å². The molecule has 21 heavy (non-hydrogen) atoms. The van der Waals surface area contributed by atoms with Gasteiger partial charge < -0.3 is 10.2 Å². The Morgan fingerprint density at radius 3 is 2.90 bits per heavy atom. The number of benzene rings is 1. The van der Waals surface area contributed by atoms with Crippen molar-refractivity contribution in [2.45, 2.75) is 31.7 Å². The average Bonchev–Trinajstić information content (AvgIpc) is 3.01. The predicted molar refractivity (Wildman–Crippen MR) is 86.8 cm³/mol. The van der Waals surface area contributed by atoms with Gasteiger partial charge in [0.15, 0.2) is 0 Å². The van der Waals surface area contributed by atoms with E-state index in [0.717, 1.165) is 36.2 Å². The van der Waals surface area contributed by atoms with Gasteiger partial charge in [-0.1, -0.05) is 15.9 Å². The van der Waals surface area contributed by atoms with Crippen LogP contribution in [0.2, 0.25) is 0 Å². The number of rotatable bonds is 3. The molecule has 5 nitrogen and oxygen atoms in total. The number of anilines is 1. The molecule has 0 amide bonds. The summed E-state index contributed by atoms with van der Waals surface area (Å²) in [6, 6.07) is 5.95. The van der Waals surface area contributed by atoms with Gasteiger partial charge in [0.2, 0.25) is 0 Å². The smallest absolute Gasteiger partial charge is 0.293 e. The number of hydrogen-bond acceptors (Lipinski definition) is 4. The first-order chi connectivity index (χ1) is 10.1. The van der Waals surface area contributed by atoms with Crippen LogP contribution in [0.25, 0.3) is 0 Å². The highest BCUT2D eigenvalue weighted by Crippen LogP contribution is 2.35. The maximum atomic E-state index is 11.3. The van der Waals surface area contributed by atoms with Gasteiger partial charge in [0, 0.05) is 29.7 Å². The number of nitrogens with one attached hydrogen (secondary N) is 1. The summed E-state index contributed by atoms with van der Waals surface area (Å²) in [6.45, 7) is 2.94. The van der Waals surface area contributed by atoms with Crippen LogP contribution in [-0.2, 0) is 0 Å². The van der Waals surface area contributed by atoms with E-state index in [2.05, 4.69) is 26.1 Å². The summed E-state index contributed by atoms with van der Waals surface area (Å²) >= 11 is 3.32. The van der Waals surface area contributed by atoms with Gasteiger partial charge in [0.1, 0.15) is 5.69 Å².